The average molecular weight is 436 g/mol. The molecule has 10 heteroatoms. The SMILES string of the molecule is CCO[C@H]1C[C@H](n2cc(NC(=O)c3ccc(-c4cn[nH]c4)o3)c(-c3cc(F)ccn3)n2)C1. The lowest BCUT2D eigenvalue weighted by Gasteiger charge is -2.34. The molecule has 32 heavy (non-hydrogen) atoms. The number of carbonyl (C=O) groups is 1. The Labute approximate surface area is 182 Å². The van der Waals surface area contributed by atoms with Crippen molar-refractivity contribution in [2.45, 2.75) is 31.9 Å². The molecule has 0 saturated heterocycles. The largest absolute Gasteiger partial charge is 0.451 e. The van der Waals surface area contributed by atoms with Gasteiger partial charge < -0.3 is 14.5 Å². The number of nitrogens with zero attached hydrogens (tertiary/aromatic N) is 4. The highest BCUT2D eigenvalue weighted by molar-refractivity contribution is 6.04. The predicted molar refractivity (Wildman–Crippen MR) is 113 cm³/mol. The lowest BCUT2D eigenvalue weighted by Crippen LogP contribution is -2.33. The number of H-pyrrole nitrogens is 1. The summed E-state index contributed by atoms with van der Waals surface area (Å²) < 4.78 is 26.9. The highest BCUT2D eigenvalue weighted by atomic mass is 19.1. The van der Waals surface area contributed by atoms with Gasteiger partial charge in [-0.1, -0.05) is 0 Å². The van der Waals surface area contributed by atoms with E-state index < -0.39 is 11.7 Å². The first-order valence-corrected chi connectivity index (χ1v) is 10.3. The van der Waals surface area contributed by atoms with Gasteiger partial charge in [-0.2, -0.15) is 10.2 Å². The third-order valence-corrected chi connectivity index (χ3v) is 5.40. The Hall–Kier alpha value is -3.79. The summed E-state index contributed by atoms with van der Waals surface area (Å²) in [5.74, 6) is -0.231. The van der Waals surface area contributed by atoms with Crippen LogP contribution in [-0.2, 0) is 4.74 Å². The molecule has 4 heterocycles. The molecule has 4 aromatic rings. The van der Waals surface area contributed by atoms with Crippen LogP contribution in [0.4, 0.5) is 10.1 Å². The zero-order valence-electron chi connectivity index (χ0n) is 17.3. The summed E-state index contributed by atoms with van der Waals surface area (Å²) in [4.78, 5) is 17.1. The number of ether oxygens (including phenoxy) is 1. The molecule has 1 fully saturated rings. The minimum absolute atomic E-state index is 0.132. The second-order valence-electron chi connectivity index (χ2n) is 7.54. The number of halogens is 1. The molecule has 5 rings (SSSR count). The molecule has 1 aliphatic rings. The Morgan fingerprint density at radius 3 is 3.00 bits per heavy atom. The summed E-state index contributed by atoms with van der Waals surface area (Å²) in [6.07, 6.45) is 8.24. The molecule has 0 spiro atoms. The van der Waals surface area contributed by atoms with Gasteiger partial charge in [-0.15, -0.1) is 0 Å². The smallest absolute Gasteiger partial charge is 0.291 e. The fraction of sp³-hybridized carbons (Fsp3) is 0.273. The zero-order chi connectivity index (χ0) is 22.1. The number of aromatic amines is 1. The maximum absolute atomic E-state index is 13.8. The normalized spacial score (nSPS) is 17.8. The number of amides is 1. The van der Waals surface area contributed by atoms with E-state index in [4.69, 9.17) is 9.15 Å². The van der Waals surface area contributed by atoms with Gasteiger partial charge in [0.1, 0.15) is 17.3 Å². The van der Waals surface area contributed by atoms with Crippen LogP contribution >= 0.6 is 0 Å². The van der Waals surface area contributed by atoms with E-state index in [1.807, 2.05) is 6.92 Å². The molecule has 0 bridgehead atoms. The first-order chi connectivity index (χ1) is 15.6. The van der Waals surface area contributed by atoms with Crippen molar-refractivity contribution in [3.63, 3.8) is 0 Å². The Morgan fingerprint density at radius 1 is 1.38 bits per heavy atom. The predicted octanol–water partition coefficient (Wildman–Crippen LogP) is 4.06. The topological polar surface area (TPSA) is 111 Å². The zero-order valence-corrected chi connectivity index (χ0v) is 17.3. The molecule has 1 saturated carbocycles. The fourth-order valence-electron chi connectivity index (χ4n) is 3.70. The second kappa shape index (κ2) is 8.39. The molecule has 0 radical (unpaired) electrons. The van der Waals surface area contributed by atoms with Crippen molar-refractivity contribution in [2.75, 3.05) is 11.9 Å². The van der Waals surface area contributed by atoms with E-state index in [1.165, 1.54) is 18.3 Å². The third-order valence-electron chi connectivity index (χ3n) is 5.40. The Balaban J connectivity index is 1.41. The van der Waals surface area contributed by atoms with Crippen LogP contribution in [0.1, 0.15) is 36.4 Å². The number of carbonyl (C=O) groups excluding carboxylic acids is 1. The van der Waals surface area contributed by atoms with Gasteiger partial charge in [0.2, 0.25) is 0 Å². The van der Waals surface area contributed by atoms with E-state index in [0.29, 0.717) is 29.4 Å². The van der Waals surface area contributed by atoms with Gasteiger partial charge in [-0.25, -0.2) is 4.39 Å². The van der Waals surface area contributed by atoms with Crippen LogP contribution < -0.4 is 5.32 Å². The highest BCUT2D eigenvalue weighted by Gasteiger charge is 2.32. The van der Waals surface area contributed by atoms with Crippen molar-refractivity contribution < 1.29 is 18.3 Å². The number of anilines is 1. The monoisotopic (exact) mass is 436 g/mol. The molecule has 0 unspecified atom stereocenters. The van der Waals surface area contributed by atoms with Crippen molar-refractivity contribution in [3.05, 3.63) is 60.6 Å². The quantitative estimate of drug-likeness (QED) is 0.452. The molecular weight excluding hydrogens is 415 g/mol. The molecule has 0 atom stereocenters. The summed E-state index contributed by atoms with van der Waals surface area (Å²) in [5, 5.41) is 14.0. The fourth-order valence-corrected chi connectivity index (χ4v) is 3.70. The second-order valence-corrected chi connectivity index (χ2v) is 7.54. The first kappa shape index (κ1) is 20.1. The molecule has 1 aliphatic carbocycles. The van der Waals surface area contributed by atoms with Gasteiger partial charge in [0, 0.05) is 31.3 Å². The number of nitrogens with one attached hydrogen (secondary N) is 2. The lowest BCUT2D eigenvalue weighted by molar-refractivity contribution is -0.0226. The van der Waals surface area contributed by atoms with Crippen LogP contribution in [0.25, 0.3) is 22.7 Å². The molecule has 164 valence electrons. The third kappa shape index (κ3) is 3.92. The molecule has 0 aromatic carbocycles. The molecule has 4 aromatic heterocycles. The van der Waals surface area contributed by atoms with Crippen LogP contribution in [0.15, 0.2) is 53.5 Å². The van der Waals surface area contributed by atoms with E-state index in [-0.39, 0.29) is 17.9 Å². The molecule has 0 aliphatic heterocycles. The first-order valence-electron chi connectivity index (χ1n) is 10.3. The van der Waals surface area contributed by atoms with Gasteiger partial charge in [0.15, 0.2) is 5.76 Å². The number of hydrogen-bond acceptors (Lipinski definition) is 6. The highest BCUT2D eigenvalue weighted by Crippen LogP contribution is 2.37. The summed E-state index contributed by atoms with van der Waals surface area (Å²) >= 11 is 0. The van der Waals surface area contributed by atoms with Crippen molar-refractivity contribution in [3.8, 4) is 22.7 Å². The number of aromatic nitrogens is 5. The van der Waals surface area contributed by atoms with Crippen molar-refractivity contribution in [1.29, 1.82) is 0 Å². The maximum Gasteiger partial charge on any atom is 0.291 e. The number of rotatable bonds is 7. The maximum atomic E-state index is 13.8. The molecule has 9 nitrogen and oxygen atoms in total. The standard InChI is InChI=1S/C22H21FN6O3/c1-2-31-16-8-15(9-16)29-12-18(21(28-29)17-7-14(23)5-6-24-17)27-22(30)20-4-3-19(32-20)13-10-25-26-11-13/h3-7,10-12,15-16H,2,8-9H2,1H3,(H,25,26)(H,27,30)/t15-,16-. The summed E-state index contributed by atoms with van der Waals surface area (Å²) in [6.45, 7) is 2.63. The van der Waals surface area contributed by atoms with E-state index in [0.717, 1.165) is 18.4 Å². The van der Waals surface area contributed by atoms with E-state index in [1.54, 1.807) is 35.4 Å². The van der Waals surface area contributed by atoms with Crippen LogP contribution in [-0.4, -0.2) is 43.6 Å². The van der Waals surface area contributed by atoms with Crippen LogP contribution in [0.5, 0.6) is 0 Å². The number of furan rings is 1. The summed E-state index contributed by atoms with van der Waals surface area (Å²) in [5.41, 5.74) is 1.88. The van der Waals surface area contributed by atoms with Crippen LogP contribution in [0.3, 0.4) is 0 Å². The van der Waals surface area contributed by atoms with Crippen molar-refractivity contribution in [1.82, 2.24) is 25.0 Å². The van der Waals surface area contributed by atoms with Crippen molar-refractivity contribution >= 4 is 11.6 Å². The van der Waals surface area contributed by atoms with Crippen LogP contribution in [0.2, 0.25) is 0 Å². The van der Waals surface area contributed by atoms with Gasteiger partial charge >= 0.3 is 0 Å². The van der Waals surface area contributed by atoms with Gasteiger partial charge in [0.05, 0.1) is 35.3 Å². The number of pyridine rings is 1. The van der Waals surface area contributed by atoms with Gasteiger partial charge in [-0.05, 0) is 38.0 Å². The van der Waals surface area contributed by atoms with E-state index in [2.05, 4.69) is 25.6 Å². The summed E-state index contributed by atoms with van der Waals surface area (Å²) in [7, 11) is 0. The van der Waals surface area contributed by atoms with Crippen molar-refractivity contribution in [2.24, 2.45) is 0 Å². The average Bonchev–Trinajstić information content (AvgIpc) is 3.50. The number of hydrogen-bond donors (Lipinski definition) is 2. The molecular formula is C22H21FN6O3. The van der Waals surface area contributed by atoms with Gasteiger partial charge in [-0.3, -0.25) is 19.6 Å². The Kier molecular flexibility index (Phi) is 5.28. The minimum Gasteiger partial charge on any atom is -0.451 e. The van der Waals surface area contributed by atoms with Crippen LogP contribution in [0, 0.1) is 5.82 Å². The van der Waals surface area contributed by atoms with E-state index in [9.17, 15) is 9.18 Å². The molecule has 1 amide bonds. The molecule has 2 N–H and O–H groups in total. The van der Waals surface area contributed by atoms with E-state index >= 15 is 0 Å². The summed E-state index contributed by atoms with van der Waals surface area (Å²) in [6, 6.07) is 5.97. The minimum atomic E-state index is -0.447. The lowest BCUT2D eigenvalue weighted by atomic mass is 9.89. The Morgan fingerprint density at radius 2 is 2.25 bits per heavy atom. The van der Waals surface area contributed by atoms with Gasteiger partial charge in [0.25, 0.3) is 5.91 Å². The Bertz CT molecular complexity index is 1230.